The van der Waals surface area contributed by atoms with Gasteiger partial charge in [0.1, 0.15) is 12.2 Å². The molecule has 0 aromatic heterocycles. The van der Waals surface area contributed by atoms with E-state index in [1.807, 2.05) is 6.92 Å². The quantitative estimate of drug-likeness (QED) is 0.735. The minimum atomic E-state index is -0.990. The smallest absolute Gasteiger partial charge is 0.329 e. The number of hydrogen-bond donors (Lipinski definition) is 2. The molecule has 2 aliphatic heterocycles. The van der Waals surface area contributed by atoms with Gasteiger partial charge in [0.25, 0.3) is 0 Å². The molecule has 0 aromatic rings. The van der Waals surface area contributed by atoms with Crippen molar-refractivity contribution >= 4 is 12.0 Å². The number of hydrogen-bond acceptors (Lipinski definition) is 4. The summed E-state index contributed by atoms with van der Waals surface area (Å²) >= 11 is 0. The molecule has 0 atom stereocenters. The molecule has 0 unspecified atom stereocenters. The van der Waals surface area contributed by atoms with E-state index >= 15 is 0 Å². The molecule has 2 fully saturated rings. The molecule has 2 amide bonds. The maximum Gasteiger partial charge on any atom is 0.329 e. The summed E-state index contributed by atoms with van der Waals surface area (Å²) in [6.45, 7) is 3.79. The first-order chi connectivity index (χ1) is 8.89. The van der Waals surface area contributed by atoms with Gasteiger partial charge in [0.05, 0.1) is 13.1 Å². The Morgan fingerprint density at radius 3 is 2.42 bits per heavy atom. The van der Waals surface area contributed by atoms with E-state index in [9.17, 15) is 9.59 Å². The molecule has 0 spiro atoms. The number of likely N-dealkylation sites (tertiary alicyclic amines) is 2. The minimum Gasteiger partial charge on any atom is -0.480 e. The zero-order chi connectivity index (χ0) is 14.0. The highest BCUT2D eigenvalue weighted by Gasteiger charge is 2.44. The van der Waals surface area contributed by atoms with Gasteiger partial charge in [0, 0.05) is 19.1 Å². The Labute approximate surface area is 112 Å². The molecule has 7 heteroatoms. The standard InChI is InChI=1S/C12H21N3O4/c1-12(19-6-10(16)17)7-15(8-12)11(18)14-4-2-9(13)3-5-14/h9H,2-8,13H2,1H3,(H,16,17). The Kier molecular flexibility index (Phi) is 3.96. The Balaban J connectivity index is 1.76. The highest BCUT2D eigenvalue weighted by atomic mass is 16.5. The van der Waals surface area contributed by atoms with Gasteiger partial charge >= 0.3 is 12.0 Å². The van der Waals surface area contributed by atoms with Crippen LogP contribution in [0.25, 0.3) is 0 Å². The first-order valence-corrected chi connectivity index (χ1v) is 6.55. The van der Waals surface area contributed by atoms with Gasteiger partial charge in [-0.3, -0.25) is 0 Å². The number of nitrogens with two attached hydrogens (primary N) is 1. The molecule has 0 aromatic carbocycles. The second-order valence-corrected chi connectivity index (χ2v) is 5.60. The highest BCUT2D eigenvalue weighted by Crippen LogP contribution is 2.26. The third kappa shape index (κ3) is 3.36. The van der Waals surface area contributed by atoms with Gasteiger partial charge in [-0.1, -0.05) is 0 Å². The average Bonchev–Trinajstić information content (AvgIpc) is 2.33. The average molecular weight is 271 g/mol. The molecular weight excluding hydrogens is 250 g/mol. The van der Waals surface area contributed by atoms with Gasteiger partial charge < -0.3 is 25.4 Å². The molecule has 19 heavy (non-hydrogen) atoms. The number of nitrogens with zero attached hydrogens (tertiary/aromatic N) is 2. The number of ether oxygens (including phenoxy) is 1. The largest absolute Gasteiger partial charge is 0.480 e. The molecule has 2 aliphatic rings. The van der Waals surface area contributed by atoms with Crippen molar-refractivity contribution in [2.75, 3.05) is 32.8 Å². The minimum absolute atomic E-state index is 0.00306. The number of aliphatic carboxylic acids is 1. The maximum atomic E-state index is 12.2. The van der Waals surface area contributed by atoms with Crippen molar-refractivity contribution in [3.05, 3.63) is 0 Å². The maximum absolute atomic E-state index is 12.2. The summed E-state index contributed by atoms with van der Waals surface area (Å²) < 4.78 is 5.28. The SMILES string of the molecule is CC1(OCC(=O)O)CN(C(=O)N2CCC(N)CC2)C1. The summed E-state index contributed by atoms with van der Waals surface area (Å²) in [7, 11) is 0. The van der Waals surface area contributed by atoms with E-state index in [1.54, 1.807) is 9.80 Å². The third-order valence-electron chi connectivity index (χ3n) is 3.68. The molecule has 2 rings (SSSR count). The molecule has 0 radical (unpaired) electrons. The Morgan fingerprint density at radius 1 is 1.32 bits per heavy atom. The number of carbonyl (C=O) groups excluding carboxylic acids is 1. The second kappa shape index (κ2) is 5.34. The number of carbonyl (C=O) groups is 2. The normalized spacial score (nSPS) is 23.1. The van der Waals surface area contributed by atoms with Gasteiger partial charge in [-0.2, -0.15) is 0 Å². The van der Waals surface area contributed by atoms with Crippen molar-refractivity contribution < 1.29 is 19.4 Å². The summed E-state index contributed by atoms with van der Waals surface area (Å²) in [6.07, 6.45) is 1.68. The molecule has 0 bridgehead atoms. The van der Waals surface area contributed by atoms with Gasteiger partial charge in [0.2, 0.25) is 0 Å². The van der Waals surface area contributed by atoms with Crippen molar-refractivity contribution in [2.45, 2.75) is 31.4 Å². The molecule has 0 aliphatic carbocycles. The van der Waals surface area contributed by atoms with E-state index in [2.05, 4.69) is 0 Å². The topological polar surface area (TPSA) is 96.1 Å². The van der Waals surface area contributed by atoms with Crippen LogP contribution in [-0.2, 0) is 9.53 Å². The molecule has 2 heterocycles. The van der Waals surface area contributed by atoms with Crippen molar-refractivity contribution in [2.24, 2.45) is 5.73 Å². The summed E-state index contributed by atoms with van der Waals surface area (Å²) in [5.74, 6) is -0.990. The van der Waals surface area contributed by atoms with Crippen molar-refractivity contribution in [1.29, 1.82) is 0 Å². The van der Waals surface area contributed by atoms with Crippen LogP contribution in [0.2, 0.25) is 0 Å². The number of amides is 2. The van der Waals surface area contributed by atoms with Crippen molar-refractivity contribution in [3.8, 4) is 0 Å². The van der Waals surface area contributed by atoms with Crippen molar-refractivity contribution in [1.82, 2.24) is 9.80 Å². The van der Waals surface area contributed by atoms with E-state index in [0.29, 0.717) is 26.2 Å². The van der Waals surface area contributed by atoms with Crippen LogP contribution in [0.1, 0.15) is 19.8 Å². The number of carboxylic acids is 1. The van der Waals surface area contributed by atoms with Crippen LogP contribution in [-0.4, -0.2) is 71.3 Å². The zero-order valence-electron chi connectivity index (χ0n) is 11.2. The lowest BCUT2D eigenvalue weighted by Crippen LogP contribution is -2.66. The summed E-state index contributed by atoms with van der Waals surface area (Å²) in [4.78, 5) is 26.1. The third-order valence-corrected chi connectivity index (χ3v) is 3.68. The van der Waals surface area contributed by atoms with Crippen molar-refractivity contribution in [3.63, 3.8) is 0 Å². The van der Waals surface area contributed by atoms with Gasteiger partial charge in [-0.25, -0.2) is 9.59 Å². The number of piperidine rings is 1. The van der Waals surface area contributed by atoms with Gasteiger partial charge in [-0.05, 0) is 19.8 Å². The van der Waals surface area contributed by atoms with Crippen LogP contribution < -0.4 is 5.73 Å². The zero-order valence-corrected chi connectivity index (χ0v) is 11.2. The molecule has 3 N–H and O–H groups in total. The fourth-order valence-electron chi connectivity index (χ4n) is 2.51. The highest BCUT2D eigenvalue weighted by molar-refractivity contribution is 5.76. The van der Waals surface area contributed by atoms with Crippen LogP contribution in [0.3, 0.4) is 0 Å². The van der Waals surface area contributed by atoms with E-state index in [-0.39, 0.29) is 18.7 Å². The van der Waals surface area contributed by atoms with Crippen LogP contribution in [0.4, 0.5) is 4.79 Å². The lowest BCUT2D eigenvalue weighted by Gasteiger charge is -2.49. The van der Waals surface area contributed by atoms with Gasteiger partial charge in [-0.15, -0.1) is 0 Å². The second-order valence-electron chi connectivity index (χ2n) is 5.60. The fourth-order valence-corrected chi connectivity index (χ4v) is 2.51. The molecule has 2 saturated heterocycles. The Morgan fingerprint density at radius 2 is 1.89 bits per heavy atom. The molecule has 108 valence electrons. The summed E-state index contributed by atoms with van der Waals surface area (Å²) in [6, 6.07) is 0.202. The van der Waals surface area contributed by atoms with Crippen LogP contribution >= 0.6 is 0 Å². The Bertz CT molecular complexity index is 360. The predicted octanol–water partition coefficient (Wildman–Crippen LogP) is -0.295. The van der Waals surface area contributed by atoms with Crippen LogP contribution in [0, 0.1) is 0 Å². The fraction of sp³-hybridized carbons (Fsp3) is 0.833. The molecule has 0 saturated carbocycles. The molecule has 7 nitrogen and oxygen atoms in total. The lowest BCUT2D eigenvalue weighted by molar-refractivity contribution is -0.160. The van der Waals surface area contributed by atoms with E-state index in [1.165, 1.54) is 0 Å². The van der Waals surface area contributed by atoms with E-state index < -0.39 is 11.6 Å². The van der Waals surface area contributed by atoms with Crippen LogP contribution in [0.5, 0.6) is 0 Å². The Hall–Kier alpha value is -1.34. The lowest BCUT2D eigenvalue weighted by atomic mass is 9.96. The van der Waals surface area contributed by atoms with Crippen LogP contribution in [0.15, 0.2) is 0 Å². The summed E-state index contributed by atoms with van der Waals surface area (Å²) in [5, 5.41) is 8.57. The molecular formula is C12H21N3O4. The van der Waals surface area contributed by atoms with Gasteiger partial charge in [0.15, 0.2) is 0 Å². The monoisotopic (exact) mass is 271 g/mol. The van der Waals surface area contributed by atoms with E-state index in [4.69, 9.17) is 15.6 Å². The number of carboxylic acid groups (broad SMARTS) is 1. The number of rotatable bonds is 3. The first kappa shape index (κ1) is 14.1. The first-order valence-electron chi connectivity index (χ1n) is 6.55. The summed E-state index contributed by atoms with van der Waals surface area (Å²) in [5.41, 5.74) is 5.28. The van der Waals surface area contributed by atoms with E-state index in [0.717, 1.165) is 12.8 Å². The predicted molar refractivity (Wildman–Crippen MR) is 67.7 cm³/mol. The number of urea groups is 1.